The molecule has 8 nitrogen and oxygen atoms in total. The van der Waals surface area contributed by atoms with Gasteiger partial charge in [-0.1, -0.05) is 72.8 Å². The number of Topliss-reactive ketones (excluding diaryl/α,β-unsaturated/α-hetero) is 1. The Balaban J connectivity index is 1.21. The van der Waals surface area contributed by atoms with E-state index in [1.807, 2.05) is 19.2 Å². The molecule has 0 bridgehead atoms. The van der Waals surface area contributed by atoms with Gasteiger partial charge in [-0.15, -0.1) is 0 Å². The number of methoxy groups -OCH3 is 1. The van der Waals surface area contributed by atoms with Crippen molar-refractivity contribution < 1.29 is 24.5 Å². The first-order chi connectivity index (χ1) is 27.2. The van der Waals surface area contributed by atoms with E-state index in [4.69, 9.17) is 10.5 Å². The van der Waals surface area contributed by atoms with Crippen molar-refractivity contribution in [1.29, 1.82) is 0 Å². The van der Waals surface area contributed by atoms with Gasteiger partial charge >= 0.3 is 0 Å². The number of anilines is 1. The predicted molar refractivity (Wildman–Crippen MR) is 226 cm³/mol. The normalized spacial score (nSPS) is 16.9. The van der Waals surface area contributed by atoms with Gasteiger partial charge in [0.25, 0.3) is 0 Å². The van der Waals surface area contributed by atoms with Crippen LogP contribution in [0.2, 0.25) is 0 Å². The molecule has 56 heavy (non-hydrogen) atoms. The van der Waals surface area contributed by atoms with Gasteiger partial charge in [-0.2, -0.15) is 0 Å². The Bertz CT molecular complexity index is 1940. The van der Waals surface area contributed by atoms with Crippen LogP contribution in [0.1, 0.15) is 83.9 Å². The smallest absolute Gasteiger partial charge is 0.163 e. The minimum Gasteiger partial charge on any atom is -0.504 e. The molecule has 5 rings (SSSR count). The number of benzene rings is 3. The summed E-state index contributed by atoms with van der Waals surface area (Å²) in [6, 6.07) is 24.6. The monoisotopic (exact) mass is 757 g/mol. The Kier molecular flexibility index (Phi) is 16.5. The first-order valence-corrected chi connectivity index (χ1v) is 20.1. The van der Waals surface area contributed by atoms with Crippen LogP contribution in [0, 0.1) is 17.8 Å². The van der Waals surface area contributed by atoms with Crippen molar-refractivity contribution in [2.24, 2.45) is 17.8 Å². The summed E-state index contributed by atoms with van der Waals surface area (Å²) >= 11 is 0. The van der Waals surface area contributed by atoms with Gasteiger partial charge in [0.05, 0.1) is 13.5 Å². The lowest BCUT2D eigenvalue weighted by Crippen LogP contribution is -2.23. The van der Waals surface area contributed by atoms with Crippen LogP contribution in [-0.4, -0.2) is 54.1 Å². The SMILES string of the molecule is CNC[C@@H]1CC=C[C@@H](CCO)[C@H](CCCC(=O)CC(=O)C=Cc2cc(OC)c(O)cc2Cc2cnc(N)cc2CCc2cccc(CCc3ccccc3)c2)C1. The minimum atomic E-state index is -0.265. The fourth-order valence-corrected chi connectivity index (χ4v) is 8.05. The highest BCUT2D eigenvalue weighted by atomic mass is 16.5. The van der Waals surface area contributed by atoms with Gasteiger partial charge in [0.2, 0.25) is 0 Å². The van der Waals surface area contributed by atoms with E-state index in [1.165, 1.54) is 29.9 Å². The molecular formula is C48H59N3O5. The number of carbonyl (C=O) groups is 2. The number of carbonyl (C=O) groups excluding carboxylic acids is 2. The number of aliphatic hydroxyl groups is 1. The Hall–Kier alpha value is -5.05. The lowest BCUT2D eigenvalue weighted by Gasteiger charge is -2.26. The molecule has 8 heteroatoms. The maximum Gasteiger partial charge on any atom is 0.163 e. The topological polar surface area (TPSA) is 135 Å². The minimum absolute atomic E-state index is 0.00101. The second kappa shape index (κ2) is 21.9. The van der Waals surface area contributed by atoms with Crippen LogP contribution in [0.4, 0.5) is 5.82 Å². The van der Waals surface area contributed by atoms with E-state index < -0.39 is 0 Å². The number of phenolic OH excluding ortho intramolecular Hbond substituents is 1. The summed E-state index contributed by atoms with van der Waals surface area (Å²) in [7, 11) is 3.46. The van der Waals surface area contributed by atoms with E-state index in [9.17, 15) is 19.8 Å². The summed E-state index contributed by atoms with van der Waals surface area (Å²) in [6.07, 6.45) is 18.1. The standard InChI is InChI=1S/C48H59N3O5/c1-50-32-37-13-7-14-38(23-24-52)39(26-37)15-8-16-44(53)31-45(54)22-21-40-29-47(56-2)46(55)28-42(40)27-43-33-51-48(49)30-41(43)20-19-36-12-6-11-35(25-36)18-17-34-9-4-3-5-10-34/h3-7,9-12,14,21-22,25,28-30,33,37-39,50,52,55H,8,13,15-20,23-24,26-27,31-32H2,1-2H3,(H2,49,51)/t37-,38+,39-/m1/s1. The predicted octanol–water partition coefficient (Wildman–Crippen LogP) is 8.05. The number of rotatable bonds is 21. The van der Waals surface area contributed by atoms with E-state index >= 15 is 0 Å². The van der Waals surface area contributed by atoms with Crippen molar-refractivity contribution in [3.8, 4) is 11.5 Å². The zero-order valence-electron chi connectivity index (χ0n) is 33.1. The third-order valence-corrected chi connectivity index (χ3v) is 11.0. The fraction of sp³-hybridized carbons (Fsp3) is 0.396. The number of nitrogens with zero attached hydrogens (tertiary/aromatic N) is 1. The Morgan fingerprint density at radius 3 is 2.43 bits per heavy atom. The molecule has 3 aromatic carbocycles. The molecule has 0 unspecified atom stereocenters. The summed E-state index contributed by atoms with van der Waals surface area (Å²) in [6.45, 7) is 1.10. The molecule has 0 saturated carbocycles. The van der Waals surface area contributed by atoms with E-state index in [0.717, 1.165) is 81.0 Å². The molecule has 0 amide bonds. The summed E-state index contributed by atoms with van der Waals surface area (Å²) in [5.41, 5.74) is 13.6. The number of aromatic nitrogens is 1. The molecular weight excluding hydrogens is 699 g/mol. The van der Waals surface area contributed by atoms with Gasteiger partial charge < -0.3 is 26.0 Å². The highest BCUT2D eigenvalue weighted by molar-refractivity contribution is 6.06. The summed E-state index contributed by atoms with van der Waals surface area (Å²) in [4.78, 5) is 30.4. The second-order valence-corrected chi connectivity index (χ2v) is 15.2. The molecule has 296 valence electrons. The van der Waals surface area contributed by atoms with E-state index in [0.29, 0.717) is 47.7 Å². The number of nitrogens with one attached hydrogen (secondary N) is 1. The van der Waals surface area contributed by atoms with Gasteiger partial charge in [-0.25, -0.2) is 4.98 Å². The molecule has 1 aliphatic carbocycles. The number of nitrogens with two attached hydrogens (primary N) is 1. The van der Waals surface area contributed by atoms with Gasteiger partial charge in [-0.05, 0) is 159 Å². The molecule has 1 heterocycles. The molecule has 1 aromatic heterocycles. The zero-order chi connectivity index (χ0) is 39.7. The van der Waals surface area contributed by atoms with Crippen LogP contribution >= 0.6 is 0 Å². The summed E-state index contributed by atoms with van der Waals surface area (Å²) < 4.78 is 5.41. The number of aliphatic hydroxyl groups excluding tert-OH is 1. The van der Waals surface area contributed by atoms with E-state index in [2.05, 4.69) is 71.0 Å². The number of hydrogen-bond acceptors (Lipinski definition) is 8. The van der Waals surface area contributed by atoms with Crippen LogP contribution in [0.5, 0.6) is 11.5 Å². The molecule has 0 radical (unpaired) electrons. The fourth-order valence-electron chi connectivity index (χ4n) is 8.05. The number of hydrogen-bond donors (Lipinski definition) is 4. The van der Waals surface area contributed by atoms with Crippen molar-refractivity contribution in [3.63, 3.8) is 0 Å². The number of pyridine rings is 1. The van der Waals surface area contributed by atoms with Gasteiger partial charge in [-0.3, -0.25) is 9.59 Å². The number of ether oxygens (including phenoxy) is 1. The van der Waals surface area contributed by atoms with E-state index in [1.54, 1.807) is 24.4 Å². The summed E-state index contributed by atoms with van der Waals surface area (Å²) in [5, 5.41) is 23.7. The number of aryl methyl sites for hydroxylation is 4. The number of phenols is 1. The zero-order valence-corrected chi connectivity index (χ0v) is 33.1. The van der Waals surface area contributed by atoms with E-state index in [-0.39, 0.29) is 30.3 Å². The van der Waals surface area contributed by atoms with Crippen LogP contribution in [0.25, 0.3) is 6.08 Å². The van der Waals surface area contributed by atoms with Gasteiger partial charge in [0, 0.05) is 19.2 Å². The van der Waals surface area contributed by atoms with Gasteiger partial charge in [0.15, 0.2) is 17.3 Å². The van der Waals surface area contributed by atoms with Crippen molar-refractivity contribution in [3.05, 3.63) is 136 Å². The number of nitrogen functional groups attached to an aromatic ring is 1. The lowest BCUT2D eigenvalue weighted by molar-refractivity contribution is -0.124. The van der Waals surface area contributed by atoms with Crippen molar-refractivity contribution in [1.82, 2.24) is 10.3 Å². The quantitative estimate of drug-likeness (QED) is 0.0381. The highest BCUT2D eigenvalue weighted by Crippen LogP contribution is 2.34. The molecule has 4 aromatic rings. The molecule has 0 spiro atoms. The molecule has 3 atom stereocenters. The highest BCUT2D eigenvalue weighted by Gasteiger charge is 2.25. The van der Waals surface area contributed by atoms with Crippen LogP contribution in [0.15, 0.2) is 97.2 Å². The molecule has 1 aliphatic rings. The second-order valence-electron chi connectivity index (χ2n) is 15.2. The van der Waals surface area contributed by atoms with Crippen molar-refractivity contribution in [2.75, 3.05) is 33.0 Å². The Morgan fingerprint density at radius 1 is 0.929 bits per heavy atom. The lowest BCUT2D eigenvalue weighted by atomic mass is 9.81. The van der Waals surface area contributed by atoms with Crippen LogP contribution < -0.4 is 15.8 Å². The number of allylic oxidation sites excluding steroid dienone is 3. The van der Waals surface area contributed by atoms with Crippen molar-refractivity contribution >= 4 is 23.5 Å². The molecule has 0 saturated heterocycles. The third-order valence-electron chi connectivity index (χ3n) is 11.0. The van der Waals surface area contributed by atoms with Crippen LogP contribution in [0.3, 0.4) is 0 Å². The number of aromatic hydroxyl groups is 1. The third kappa shape index (κ3) is 13.0. The maximum atomic E-state index is 13.1. The largest absolute Gasteiger partial charge is 0.504 e. The first kappa shape index (κ1) is 42.1. The average molecular weight is 758 g/mol. The molecule has 0 aliphatic heterocycles. The van der Waals surface area contributed by atoms with Crippen LogP contribution in [-0.2, 0) is 41.7 Å². The maximum absolute atomic E-state index is 13.1. The average Bonchev–Trinajstić information content (AvgIpc) is 3.38. The molecule has 5 N–H and O–H groups in total. The Labute approximate surface area is 332 Å². The van der Waals surface area contributed by atoms with Crippen molar-refractivity contribution in [2.45, 2.75) is 77.0 Å². The Morgan fingerprint density at radius 2 is 1.68 bits per heavy atom. The number of ketones is 2. The molecule has 0 fully saturated rings. The summed E-state index contributed by atoms with van der Waals surface area (Å²) in [5.74, 6) is 1.66. The first-order valence-electron chi connectivity index (χ1n) is 20.1. The van der Waals surface area contributed by atoms with Gasteiger partial charge in [0.1, 0.15) is 11.6 Å².